The van der Waals surface area contributed by atoms with Gasteiger partial charge in [0.15, 0.2) is 5.78 Å². The number of hydrogen-bond acceptors (Lipinski definition) is 2. The number of rotatable bonds is 1. The molecule has 11 heavy (non-hydrogen) atoms. The van der Waals surface area contributed by atoms with E-state index in [1.807, 2.05) is 0 Å². The maximum Gasteiger partial charge on any atom is 0.159 e. The smallest absolute Gasteiger partial charge is 0.159 e. The molecule has 0 spiro atoms. The minimum atomic E-state index is -0.0631. The number of ketones is 1. The molecule has 0 saturated carbocycles. The van der Waals surface area contributed by atoms with Crippen LogP contribution in [0.25, 0.3) is 0 Å². The highest BCUT2D eigenvalue weighted by atomic mass is 35.5. The highest BCUT2D eigenvalue weighted by Crippen LogP contribution is 2.23. The van der Waals surface area contributed by atoms with Crippen molar-refractivity contribution in [3.63, 3.8) is 0 Å². The average Bonchev–Trinajstić information content (AvgIpc) is 1.94. The lowest BCUT2D eigenvalue weighted by molar-refractivity contribution is 0.101. The van der Waals surface area contributed by atoms with E-state index in [9.17, 15) is 4.79 Å². The van der Waals surface area contributed by atoms with Crippen LogP contribution < -0.4 is 0 Å². The summed E-state index contributed by atoms with van der Waals surface area (Å²) < 4.78 is 0. The Kier molecular flexibility index (Phi) is 2.15. The third kappa shape index (κ3) is 1.71. The molecule has 1 aromatic rings. The SMILES string of the molecule is CC(=O)c1ccc(O)c(Cl)c1. The van der Waals surface area contributed by atoms with E-state index < -0.39 is 0 Å². The second-order valence-electron chi connectivity index (χ2n) is 2.22. The van der Waals surface area contributed by atoms with Crippen LogP contribution in [0.1, 0.15) is 17.3 Å². The lowest BCUT2D eigenvalue weighted by atomic mass is 10.1. The number of carbonyl (C=O) groups excluding carboxylic acids is 1. The Balaban J connectivity index is 3.15. The van der Waals surface area contributed by atoms with Gasteiger partial charge in [0.25, 0.3) is 0 Å². The summed E-state index contributed by atoms with van der Waals surface area (Å²) in [6.45, 7) is 1.45. The normalized spacial score (nSPS) is 9.64. The molecule has 0 heterocycles. The van der Waals surface area contributed by atoms with Gasteiger partial charge in [-0.2, -0.15) is 0 Å². The van der Waals surface area contributed by atoms with Crippen LogP contribution in [-0.4, -0.2) is 10.9 Å². The summed E-state index contributed by atoms with van der Waals surface area (Å²) in [6.07, 6.45) is 0. The summed E-state index contributed by atoms with van der Waals surface area (Å²) in [5.74, 6) is -0.0661. The minimum Gasteiger partial charge on any atom is -0.506 e. The molecule has 0 radical (unpaired) electrons. The Bertz CT molecular complexity index is 294. The molecule has 58 valence electrons. The van der Waals surface area contributed by atoms with Crippen molar-refractivity contribution in [1.82, 2.24) is 0 Å². The lowest BCUT2D eigenvalue weighted by Crippen LogP contribution is -1.90. The first-order valence-electron chi connectivity index (χ1n) is 3.10. The van der Waals surface area contributed by atoms with Gasteiger partial charge < -0.3 is 5.11 Å². The Labute approximate surface area is 69.4 Å². The van der Waals surface area contributed by atoms with Crippen molar-refractivity contribution in [3.8, 4) is 5.75 Å². The maximum absolute atomic E-state index is 10.8. The lowest BCUT2D eigenvalue weighted by Gasteiger charge is -1.97. The fraction of sp³-hybridized carbons (Fsp3) is 0.125. The second kappa shape index (κ2) is 2.93. The fourth-order valence-electron chi connectivity index (χ4n) is 0.726. The quantitative estimate of drug-likeness (QED) is 0.657. The van der Waals surface area contributed by atoms with Gasteiger partial charge in [-0.25, -0.2) is 0 Å². The van der Waals surface area contributed by atoms with Gasteiger partial charge in [-0.05, 0) is 25.1 Å². The van der Waals surface area contributed by atoms with Crippen LogP contribution >= 0.6 is 11.6 Å². The predicted octanol–water partition coefficient (Wildman–Crippen LogP) is 2.25. The van der Waals surface area contributed by atoms with Crippen LogP contribution in [0.3, 0.4) is 0 Å². The highest BCUT2D eigenvalue weighted by molar-refractivity contribution is 6.32. The molecule has 0 aliphatic heterocycles. The van der Waals surface area contributed by atoms with Crippen molar-refractivity contribution in [2.45, 2.75) is 6.92 Å². The number of hydrogen-bond donors (Lipinski definition) is 1. The van der Waals surface area contributed by atoms with E-state index in [1.165, 1.54) is 25.1 Å². The molecule has 0 atom stereocenters. The van der Waals surface area contributed by atoms with E-state index in [1.54, 1.807) is 0 Å². The number of benzene rings is 1. The zero-order valence-electron chi connectivity index (χ0n) is 5.97. The molecule has 0 bridgehead atoms. The van der Waals surface area contributed by atoms with Crippen molar-refractivity contribution in [2.75, 3.05) is 0 Å². The van der Waals surface area contributed by atoms with Crippen molar-refractivity contribution in [3.05, 3.63) is 28.8 Å². The van der Waals surface area contributed by atoms with Gasteiger partial charge in [0.1, 0.15) is 5.75 Å². The van der Waals surface area contributed by atoms with Gasteiger partial charge in [-0.15, -0.1) is 0 Å². The molecule has 0 fully saturated rings. The number of phenols is 1. The van der Waals surface area contributed by atoms with Crippen LogP contribution in [0.5, 0.6) is 5.75 Å². The van der Waals surface area contributed by atoms with E-state index >= 15 is 0 Å². The minimum absolute atomic E-state index is 0.00309. The third-order valence-corrected chi connectivity index (χ3v) is 1.66. The topological polar surface area (TPSA) is 37.3 Å². The predicted molar refractivity (Wildman–Crippen MR) is 43.1 cm³/mol. The van der Waals surface area contributed by atoms with Crippen LogP contribution in [0.2, 0.25) is 5.02 Å². The highest BCUT2D eigenvalue weighted by Gasteiger charge is 2.02. The number of aromatic hydroxyl groups is 1. The molecule has 0 aliphatic rings. The molecule has 0 unspecified atom stereocenters. The first-order chi connectivity index (χ1) is 5.11. The molecule has 0 aliphatic carbocycles. The molecule has 2 nitrogen and oxygen atoms in total. The summed E-state index contributed by atoms with van der Waals surface area (Å²) in [6, 6.07) is 4.38. The van der Waals surface area contributed by atoms with E-state index in [0.717, 1.165) is 0 Å². The van der Waals surface area contributed by atoms with Gasteiger partial charge in [0.05, 0.1) is 5.02 Å². The Morgan fingerprint density at radius 2 is 2.18 bits per heavy atom. The maximum atomic E-state index is 10.8. The zero-order chi connectivity index (χ0) is 8.43. The first kappa shape index (κ1) is 8.08. The summed E-state index contributed by atoms with van der Waals surface area (Å²) >= 11 is 5.56. The van der Waals surface area contributed by atoms with E-state index in [2.05, 4.69) is 0 Å². The molecule has 3 heteroatoms. The third-order valence-electron chi connectivity index (χ3n) is 1.35. The Morgan fingerprint density at radius 3 is 2.64 bits per heavy atom. The second-order valence-corrected chi connectivity index (χ2v) is 2.63. The van der Waals surface area contributed by atoms with Crippen molar-refractivity contribution >= 4 is 17.4 Å². The first-order valence-corrected chi connectivity index (χ1v) is 3.48. The standard InChI is InChI=1S/C8H7ClO2/c1-5(10)6-2-3-8(11)7(9)4-6/h2-4,11H,1H3. The van der Waals surface area contributed by atoms with Crippen LogP contribution in [0.15, 0.2) is 18.2 Å². The molecule has 1 aromatic carbocycles. The van der Waals surface area contributed by atoms with Crippen LogP contribution in [-0.2, 0) is 0 Å². The largest absolute Gasteiger partial charge is 0.506 e. The van der Waals surface area contributed by atoms with Gasteiger partial charge in [-0.1, -0.05) is 11.6 Å². The average molecular weight is 171 g/mol. The van der Waals surface area contributed by atoms with E-state index in [-0.39, 0.29) is 16.6 Å². The van der Waals surface area contributed by atoms with Crippen LogP contribution in [0, 0.1) is 0 Å². The number of halogens is 1. The Morgan fingerprint density at radius 1 is 1.55 bits per heavy atom. The summed E-state index contributed by atoms with van der Waals surface area (Å²) in [5, 5.41) is 9.19. The Hall–Kier alpha value is -1.02. The van der Waals surface area contributed by atoms with Gasteiger partial charge >= 0.3 is 0 Å². The van der Waals surface area contributed by atoms with E-state index in [4.69, 9.17) is 16.7 Å². The molecular formula is C8H7ClO2. The molecule has 0 aromatic heterocycles. The van der Waals surface area contributed by atoms with Gasteiger partial charge in [0, 0.05) is 5.56 Å². The molecule has 0 saturated heterocycles. The van der Waals surface area contributed by atoms with E-state index in [0.29, 0.717) is 5.56 Å². The molecule has 1 rings (SSSR count). The van der Waals surface area contributed by atoms with Crippen molar-refractivity contribution < 1.29 is 9.90 Å². The molecule has 1 N–H and O–H groups in total. The van der Waals surface area contributed by atoms with Crippen molar-refractivity contribution in [2.24, 2.45) is 0 Å². The molecular weight excluding hydrogens is 164 g/mol. The number of carbonyl (C=O) groups is 1. The zero-order valence-corrected chi connectivity index (χ0v) is 6.72. The molecule has 0 amide bonds. The number of phenolic OH excluding ortho intramolecular Hbond substituents is 1. The summed E-state index contributed by atoms with van der Waals surface area (Å²) in [4.78, 5) is 10.8. The van der Waals surface area contributed by atoms with Gasteiger partial charge in [0.2, 0.25) is 0 Å². The fourth-order valence-corrected chi connectivity index (χ4v) is 0.906. The van der Waals surface area contributed by atoms with Crippen molar-refractivity contribution in [1.29, 1.82) is 0 Å². The van der Waals surface area contributed by atoms with Gasteiger partial charge in [-0.3, -0.25) is 4.79 Å². The van der Waals surface area contributed by atoms with Crippen LogP contribution in [0.4, 0.5) is 0 Å². The number of Topliss-reactive ketones (excluding diaryl/α,β-unsaturated/α-hetero) is 1. The summed E-state index contributed by atoms with van der Waals surface area (Å²) in [5.41, 5.74) is 0.507. The monoisotopic (exact) mass is 170 g/mol. The summed E-state index contributed by atoms with van der Waals surface area (Å²) in [7, 11) is 0.